The number of hydrogen-bond acceptors (Lipinski definition) is 10. The zero-order valence-electron chi connectivity index (χ0n) is 29.4. The molecule has 4 N–H and O–H groups in total. The number of aliphatic hydroxyl groups excluding tert-OH is 2. The van der Waals surface area contributed by atoms with E-state index < -0.39 is 35.3 Å². The number of carbonyl (C=O) groups is 4. The van der Waals surface area contributed by atoms with Crippen LogP contribution < -0.4 is 10.6 Å². The van der Waals surface area contributed by atoms with Crippen LogP contribution in [0.3, 0.4) is 0 Å². The zero-order chi connectivity index (χ0) is 34.7. The molecule has 0 aliphatic carbocycles. The summed E-state index contributed by atoms with van der Waals surface area (Å²) in [6.07, 6.45) is -0.344. The van der Waals surface area contributed by atoms with E-state index in [4.69, 9.17) is 9.47 Å². The highest BCUT2D eigenvalue weighted by Crippen LogP contribution is 2.46. The number of carbonyl (C=O) groups excluding carboxylic acids is 4. The number of likely N-dealkylation sites (tertiary alicyclic amines) is 2. The van der Waals surface area contributed by atoms with Gasteiger partial charge in [0.15, 0.2) is 0 Å². The molecule has 4 aliphatic rings. The van der Waals surface area contributed by atoms with Crippen molar-refractivity contribution in [2.75, 3.05) is 53.6 Å². The van der Waals surface area contributed by atoms with E-state index in [1.54, 1.807) is 0 Å². The van der Waals surface area contributed by atoms with Gasteiger partial charge in [-0.25, -0.2) is 9.59 Å². The largest absolute Gasteiger partial charge is 0.389 e. The van der Waals surface area contributed by atoms with Crippen LogP contribution in [-0.2, 0) is 19.1 Å². The monoisotopic (exact) mass is 652 g/mol. The lowest BCUT2D eigenvalue weighted by Crippen LogP contribution is -2.68. The summed E-state index contributed by atoms with van der Waals surface area (Å²) in [6, 6.07) is -1.03. The molecule has 0 bridgehead atoms. The summed E-state index contributed by atoms with van der Waals surface area (Å²) in [7, 11) is 4.05. The molecule has 2 unspecified atom stereocenters. The van der Waals surface area contributed by atoms with Crippen molar-refractivity contribution in [3.8, 4) is 0 Å². The number of nitrogens with zero attached hydrogens (tertiary/aromatic N) is 4. The number of hydrogen-bond donors (Lipinski definition) is 4. The van der Waals surface area contributed by atoms with Crippen LogP contribution in [0.15, 0.2) is 0 Å². The van der Waals surface area contributed by atoms with Crippen molar-refractivity contribution in [3.05, 3.63) is 0 Å². The highest BCUT2D eigenvalue weighted by atomic mass is 16.5. The third kappa shape index (κ3) is 6.79. The number of piperidine rings is 2. The van der Waals surface area contributed by atoms with E-state index >= 15 is 0 Å². The second-order valence-electron chi connectivity index (χ2n) is 16.4. The van der Waals surface area contributed by atoms with Crippen LogP contribution in [0.1, 0.15) is 81.1 Å². The summed E-state index contributed by atoms with van der Waals surface area (Å²) >= 11 is 0. The van der Waals surface area contributed by atoms with Crippen molar-refractivity contribution in [1.82, 2.24) is 30.2 Å². The van der Waals surface area contributed by atoms with Crippen LogP contribution in [0.5, 0.6) is 0 Å². The minimum Gasteiger partial charge on any atom is -0.389 e. The van der Waals surface area contributed by atoms with Gasteiger partial charge >= 0.3 is 12.1 Å². The van der Waals surface area contributed by atoms with Crippen molar-refractivity contribution in [2.45, 2.75) is 127 Å². The van der Waals surface area contributed by atoms with Gasteiger partial charge in [0, 0.05) is 22.2 Å². The number of imide groups is 2. The average Bonchev–Trinajstić information content (AvgIpc) is 3.25. The Kier molecular flexibility index (Phi) is 9.73. The first-order chi connectivity index (χ1) is 21.0. The first-order valence-electron chi connectivity index (χ1n) is 16.3. The average molecular weight is 653 g/mol. The topological polar surface area (TPSA) is 164 Å². The number of rotatable bonds is 11. The standard InChI is InChI=1S/C32H56N6O8/c1-27(2)17-31(18-28(3,4)35(27)9)23(41)37(25(43)33-31)13-21(39)15-45-11-12-46-16-22(40)14-38-24(42)32(34-26(38)44)19-29(5,6)36(10)30(7,8)20-32/h21-22,39-40H,11-20H2,1-10H3,(H,33,43)(H,34,44). The lowest BCUT2D eigenvalue weighted by atomic mass is 9.69. The fourth-order valence-corrected chi connectivity index (χ4v) is 8.44. The predicted molar refractivity (Wildman–Crippen MR) is 170 cm³/mol. The van der Waals surface area contributed by atoms with Gasteiger partial charge in [0.05, 0.1) is 51.7 Å². The van der Waals surface area contributed by atoms with Gasteiger partial charge < -0.3 is 30.3 Å². The van der Waals surface area contributed by atoms with Crippen molar-refractivity contribution in [2.24, 2.45) is 0 Å². The molecule has 14 heteroatoms. The van der Waals surface area contributed by atoms with Crippen LogP contribution in [-0.4, -0.2) is 153 Å². The van der Waals surface area contributed by atoms with Crippen LogP contribution in [0.4, 0.5) is 9.59 Å². The van der Waals surface area contributed by atoms with E-state index in [0.717, 1.165) is 9.80 Å². The quantitative estimate of drug-likeness (QED) is 0.186. The van der Waals surface area contributed by atoms with Gasteiger partial charge in [-0.1, -0.05) is 0 Å². The molecule has 0 saturated carbocycles. The minimum absolute atomic E-state index is 0.0898. The first-order valence-corrected chi connectivity index (χ1v) is 16.3. The smallest absolute Gasteiger partial charge is 0.325 e. The number of nitrogens with one attached hydrogen (secondary N) is 2. The third-order valence-electron chi connectivity index (χ3n) is 10.8. The number of urea groups is 2. The molecule has 4 fully saturated rings. The Hall–Kier alpha value is -2.36. The van der Waals surface area contributed by atoms with Crippen molar-refractivity contribution in [3.63, 3.8) is 0 Å². The Balaban J connectivity index is 1.18. The van der Waals surface area contributed by atoms with Crippen LogP contribution in [0.2, 0.25) is 0 Å². The summed E-state index contributed by atoms with van der Waals surface area (Å²) < 4.78 is 11.0. The molecule has 2 spiro atoms. The Morgan fingerprint density at radius 3 is 1.17 bits per heavy atom. The summed E-state index contributed by atoms with van der Waals surface area (Å²) in [5.41, 5.74) is -3.34. The number of β-amino-alcohol motifs (C(OH)–C–C–N with tert-alkyl or cyclic N) is 2. The third-order valence-corrected chi connectivity index (χ3v) is 10.8. The molecule has 0 aromatic carbocycles. The number of aliphatic hydroxyl groups is 2. The maximum absolute atomic E-state index is 13.5. The van der Waals surface area contributed by atoms with E-state index in [1.807, 2.05) is 14.1 Å². The number of ether oxygens (including phenoxy) is 2. The fourth-order valence-electron chi connectivity index (χ4n) is 8.44. The van der Waals surface area contributed by atoms with E-state index in [2.05, 4.69) is 75.8 Å². The summed E-state index contributed by atoms with van der Waals surface area (Å²) in [6.45, 7) is 16.0. The molecule has 0 radical (unpaired) electrons. The second-order valence-corrected chi connectivity index (χ2v) is 16.4. The fraction of sp³-hybridized carbons (Fsp3) is 0.875. The molecular formula is C32H56N6O8. The highest BCUT2D eigenvalue weighted by Gasteiger charge is 2.61. The van der Waals surface area contributed by atoms with E-state index in [0.29, 0.717) is 25.7 Å². The predicted octanol–water partition coefficient (Wildman–Crippen LogP) is 0.888. The molecule has 0 aromatic heterocycles. The maximum Gasteiger partial charge on any atom is 0.325 e. The lowest BCUT2D eigenvalue weighted by Gasteiger charge is -2.56. The molecule has 262 valence electrons. The molecular weight excluding hydrogens is 596 g/mol. The second kappa shape index (κ2) is 12.3. The van der Waals surface area contributed by atoms with Gasteiger partial charge in [-0.05, 0) is 95.2 Å². The van der Waals surface area contributed by atoms with Gasteiger partial charge in [-0.3, -0.25) is 29.2 Å². The van der Waals surface area contributed by atoms with Gasteiger partial charge in [0.25, 0.3) is 11.8 Å². The number of amides is 6. The van der Waals surface area contributed by atoms with Crippen LogP contribution in [0, 0.1) is 0 Å². The normalized spacial score (nSPS) is 27.7. The maximum atomic E-state index is 13.5. The summed E-state index contributed by atoms with van der Waals surface area (Å²) in [5.74, 6) is -0.662. The van der Waals surface area contributed by atoms with Crippen LogP contribution >= 0.6 is 0 Å². The molecule has 0 aromatic rings. The van der Waals surface area contributed by atoms with Crippen molar-refractivity contribution in [1.29, 1.82) is 0 Å². The molecule has 6 amide bonds. The SMILES string of the molecule is CN1C(C)(C)CC2(CC1(C)C)NC(=O)N(CC(O)COCCOCC(O)CN1C(=O)NC3(CC(C)(C)N(C)C(C)(C)C3)C1=O)C2=O. The van der Waals surface area contributed by atoms with Gasteiger partial charge in [0.1, 0.15) is 11.1 Å². The Labute approximate surface area is 273 Å². The van der Waals surface area contributed by atoms with Gasteiger partial charge in [-0.15, -0.1) is 0 Å². The summed E-state index contributed by atoms with van der Waals surface area (Å²) in [5, 5.41) is 26.9. The molecule has 2 atom stereocenters. The van der Waals surface area contributed by atoms with E-state index in [-0.39, 0.29) is 73.5 Å². The summed E-state index contributed by atoms with van der Waals surface area (Å²) in [4.78, 5) is 59.3. The molecule has 4 rings (SSSR count). The molecule has 4 aliphatic heterocycles. The Bertz CT molecular complexity index is 1090. The van der Waals surface area contributed by atoms with Crippen molar-refractivity contribution < 1.29 is 38.9 Å². The van der Waals surface area contributed by atoms with Crippen molar-refractivity contribution >= 4 is 23.9 Å². The minimum atomic E-state index is -1.09. The zero-order valence-corrected chi connectivity index (χ0v) is 29.4. The molecule has 4 saturated heterocycles. The van der Waals surface area contributed by atoms with E-state index in [1.165, 1.54) is 0 Å². The molecule has 46 heavy (non-hydrogen) atoms. The Morgan fingerprint density at radius 2 is 0.891 bits per heavy atom. The highest BCUT2D eigenvalue weighted by molar-refractivity contribution is 6.08. The Morgan fingerprint density at radius 1 is 0.609 bits per heavy atom. The molecule has 14 nitrogen and oxygen atoms in total. The van der Waals surface area contributed by atoms with Crippen LogP contribution in [0.25, 0.3) is 0 Å². The molecule has 4 heterocycles. The lowest BCUT2D eigenvalue weighted by molar-refractivity contribution is -0.141. The van der Waals surface area contributed by atoms with Gasteiger partial charge in [-0.2, -0.15) is 0 Å². The van der Waals surface area contributed by atoms with E-state index in [9.17, 15) is 29.4 Å². The van der Waals surface area contributed by atoms with Gasteiger partial charge in [0.2, 0.25) is 0 Å². The first kappa shape index (κ1) is 36.5.